The minimum absolute atomic E-state index is 0.223. The third-order valence-corrected chi connectivity index (χ3v) is 2.54. The van der Waals surface area contributed by atoms with Gasteiger partial charge in [-0.1, -0.05) is 11.8 Å². The number of halogens is 1. The highest BCUT2D eigenvalue weighted by Crippen LogP contribution is 2.11. The van der Waals surface area contributed by atoms with Crippen molar-refractivity contribution in [1.82, 2.24) is 0 Å². The van der Waals surface area contributed by atoms with Gasteiger partial charge in [0.1, 0.15) is 0 Å². The molecule has 0 saturated carbocycles. The molecule has 1 nitrogen and oxygen atoms in total. The molecule has 0 aliphatic heterocycles. The maximum Gasteiger partial charge on any atom is 0.0440 e. The van der Waals surface area contributed by atoms with Gasteiger partial charge in [0.05, 0.1) is 0 Å². The Morgan fingerprint density at radius 1 is 1.43 bits per heavy atom. The van der Waals surface area contributed by atoms with E-state index >= 15 is 0 Å². The summed E-state index contributed by atoms with van der Waals surface area (Å²) >= 11 is 2.29. The summed E-state index contributed by atoms with van der Waals surface area (Å²) in [7, 11) is 0. The predicted molar refractivity (Wildman–Crippen MR) is 67.1 cm³/mol. The Balaban J connectivity index is 2.70. The second-order valence-corrected chi connectivity index (χ2v) is 4.33. The normalized spacial score (nSPS) is 9.36. The average Bonchev–Trinajstić information content (AvgIpc) is 2.15. The number of rotatable bonds is 2. The monoisotopic (exact) mass is 300 g/mol. The van der Waals surface area contributed by atoms with Crippen molar-refractivity contribution >= 4 is 22.6 Å². The summed E-state index contributed by atoms with van der Waals surface area (Å²) in [6.45, 7) is 2.29. The van der Waals surface area contributed by atoms with Crippen LogP contribution in [-0.4, -0.2) is 11.7 Å². The molecule has 0 bridgehead atoms. The molecule has 0 amide bonds. The van der Waals surface area contributed by atoms with E-state index in [0.29, 0.717) is 0 Å². The molecule has 0 fully saturated rings. The molecule has 14 heavy (non-hydrogen) atoms. The van der Waals surface area contributed by atoms with Crippen LogP contribution in [0.5, 0.6) is 0 Å². The van der Waals surface area contributed by atoms with Crippen LogP contribution in [-0.2, 0) is 0 Å². The first-order chi connectivity index (χ1) is 6.74. The van der Waals surface area contributed by atoms with Gasteiger partial charge in [-0.15, -0.1) is 0 Å². The second kappa shape index (κ2) is 6.05. The van der Waals surface area contributed by atoms with E-state index < -0.39 is 0 Å². The van der Waals surface area contributed by atoms with Crippen LogP contribution in [0.3, 0.4) is 0 Å². The molecule has 0 spiro atoms. The fourth-order valence-corrected chi connectivity index (χ4v) is 1.74. The molecule has 0 radical (unpaired) electrons. The lowest BCUT2D eigenvalue weighted by molar-refractivity contribution is 0.290. The highest BCUT2D eigenvalue weighted by molar-refractivity contribution is 14.1. The zero-order valence-corrected chi connectivity index (χ0v) is 10.3. The number of unbranched alkanes of at least 4 members (excludes halogenated alkanes) is 1. The van der Waals surface area contributed by atoms with E-state index in [2.05, 4.69) is 53.5 Å². The molecule has 2 heteroatoms. The molecule has 0 aromatic heterocycles. The van der Waals surface area contributed by atoms with E-state index in [1.54, 1.807) is 0 Å². The Morgan fingerprint density at radius 3 is 2.86 bits per heavy atom. The summed E-state index contributed by atoms with van der Waals surface area (Å²) in [6, 6.07) is 6.23. The molecule has 0 atom stereocenters. The van der Waals surface area contributed by atoms with Crippen LogP contribution < -0.4 is 0 Å². The molecule has 1 aromatic rings. The quantitative estimate of drug-likeness (QED) is 0.506. The molecule has 1 rings (SSSR count). The van der Waals surface area contributed by atoms with Gasteiger partial charge >= 0.3 is 0 Å². The van der Waals surface area contributed by atoms with Crippen LogP contribution in [0.4, 0.5) is 0 Å². The highest BCUT2D eigenvalue weighted by atomic mass is 127. The van der Waals surface area contributed by atoms with Crippen molar-refractivity contribution in [3.63, 3.8) is 0 Å². The largest absolute Gasteiger partial charge is 0.396 e. The van der Waals surface area contributed by atoms with Crippen LogP contribution in [0, 0.1) is 22.3 Å². The number of benzene rings is 1. The third-order valence-electron chi connectivity index (χ3n) is 1.87. The van der Waals surface area contributed by atoms with Crippen LogP contribution in [0.25, 0.3) is 0 Å². The summed E-state index contributed by atoms with van der Waals surface area (Å²) in [5.41, 5.74) is 2.30. The fraction of sp³-hybridized carbons (Fsp3) is 0.333. The molecule has 74 valence electrons. The van der Waals surface area contributed by atoms with Crippen molar-refractivity contribution in [1.29, 1.82) is 0 Å². The van der Waals surface area contributed by atoms with Gasteiger partial charge in [0.15, 0.2) is 0 Å². The van der Waals surface area contributed by atoms with Crippen LogP contribution >= 0.6 is 22.6 Å². The highest BCUT2D eigenvalue weighted by Gasteiger charge is 1.94. The summed E-state index contributed by atoms with van der Waals surface area (Å²) in [6.07, 6.45) is 1.53. The molecule has 1 aromatic carbocycles. The first kappa shape index (κ1) is 11.5. The first-order valence-corrected chi connectivity index (χ1v) is 5.68. The Kier molecular flexibility index (Phi) is 4.99. The van der Waals surface area contributed by atoms with Gasteiger partial charge in [-0.2, -0.15) is 0 Å². The Hall–Kier alpha value is -0.530. The summed E-state index contributed by atoms with van der Waals surface area (Å²) in [4.78, 5) is 0. The lowest BCUT2D eigenvalue weighted by Gasteiger charge is -1.97. The summed E-state index contributed by atoms with van der Waals surface area (Å²) < 4.78 is 1.24. The Morgan fingerprint density at radius 2 is 2.21 bits per heavy atom. The topological polar surface area (TPSA) is 20.2 Å². The average molecular weight is 300 g/mol. The molecular weight excluding hydrogens is 287 g/mol. The standard InChI is InChI=1S/C12H13IO/c1-10-9-12(13)7-6-11(10)5-3-2-4-8-14/h6-7,9,14H,2,4,8H2,1H3. The minimum atomic E-state index is 0.223. The number of aryl methyl sites for hydroxylation is 1. The van der Waals surface area contributed by atoms with E-state index in [1.165, 1.54) is 9.13 Å². The molecule has 0 heterocycles. The van der Waals surface area contributed by atoms with Gasteiger partial charge in [0.2, 0.25) is 0 Å². The van der Waals surface area contributed by atoms with E-state index in [9.17, 15) is 0 Å². The van der Waals surface area contributed by atoms with Gasteiger partial charge in [0.25, 0.3) is 0 Å². The van der Waals surface area contributed by atoms with Crippen molar-refractivity contribution in [2.75, 3.05) is 6.61 Å². The minimum Gasteiger partial charge on any atom is -0.396 e. The number of aliphatic hydroxyl groups excluding tert-OH is 1. The second-order valence-electron chi connectivity index (χ2n) is 3.09. The SMILES string of the molecule is Cc1cc(I)ccc1C#CCCCO. The molecule has 0 aliphatic rings. The van der Waals surface area contributed by atoms with Crippen molar-refractivity contribution in [2.24, 2.45) is 0 Å². The summed E-state index contributed by atoms with van der Waals surface area (Å²) in [5.74, 6) is 6.16. The first-order valence-electron chi connectivity index (χ1n) is 4.60. The van der Waals surface area contributed by atoms with Crippen LogP contribution in [0.15, 0.2) is 18.2 Å². The van der Waals surface area contributed by atoms with Crippen molar-refractivity contribution in [3.05, 3.63) is 32.9 Å². The number of hydrogen-bond donors (Lipinski definition) is 1. The van der Waals surface area contributed by atoms with E-state index in [-0.39, 0.29) is 6.61 Å². The molecule has 0 aliphatic carbocycles. The maximum atomic E-state index is 8.59. The van der Waals surface area contributed by atoms with E-state index in [1.807, 2.05) is 6.07 Å². The molecule has 1 N–H and O–H groups in total. The molecule has 0 unspecified atom stereocenters. The third kappa shape index (κ3) is 3.69. The van der Waals surface area contributed by atoms with Gasteiger partial charge in [-0.05, 0) is 59.7 Å². The van der Waals surface area contributed by atoms with Gasteiger partial charge in [-0.3, -0.25) is 0 Å². The zero-order chi connectivity index (χ0) is 10.4. The Labute approximate surface area is 98.7 Å². The Bertz CT molecular complexity index is 360. The maximum absolute atomic E-state index is 8.59. The van der Waals surface area contributed by atoms with Gasteiger partial charge in [-0.25, -0.2) is 0 Å². The van der Waals surface area contributed by atoms with Crippen molar-refractivity contribution < 1.29 is 5.11 Å². The summed E-state index contributed by atoms with van der Waals surface area (Å²) in [5, 5.41) is 8.59. The predicted octanol–water partition coefficient (Wildman–Crippen LogP) is 2.72. The smallest absolute Gasteiger partial charge is 0.0440 e. The van der Waals surface area contributed by atoms with Gasteiger partial charge in [0, 0.05) is 22.2 Å². The van der Waals surface area contributed by atoms with Gasteiger partial charge < -0.3 is 5.11 Å². The lowest BCUT2D eigenvalue weighted by atomic mass is 10.1. The van der Waals surface area contributed by atoms with Crippen LogP contribution in [0.1, 0.15) is 24.0 Å². The molecular formula is C12H13IO. The van der Waals surface area contributed by atoms with Crippen molar-refractivity contribution in [3.8, 4) is 11.8 Å². The zero-order valence-electron chi connectivity index (χ0n) is 8.18. The van der Waals surface area contributed by atoms with E-state index in [4.69, 9.17) is 5.11 Å². The number of aliphatic hydroxyl groups is 1. The van der Waals surface area contributed by atoms with E-state index in [0.717, 1.165) is 18.4 Å². The fourth-order valence-electron chi connectivity index (χ4n) is 1.09. The lowest BCUT2D eigenvalue weighted by Crippen LogP contribution is -1.83. The van der Waals surface area contributed by atoms with Crippen molar-refractivity contribution in [2.45, 2.75) is 19.8 Å². The number of hydrogen-bond acceptors (Lipinski definition) is 1. The van der Waals surface area contributed by atoms with Crippen LogP contribution in [0.2, 0.25) is 0 Å². The molecule has 0 saturated heterocycles.